The van der Waals surface area contributed by atoms with Gasteiger partial charge in [-0.1, -0.05) is 6.92 Å². The van der Waals surface area contributed by atoms with Crippen molar-refractivity contribution in [2.45, 2.75) is 33.2 Å². The molecule has 0 radical (unpaired) electrons. The molecular weight excluding hydrogens is 433 g/mol. The van der Waals surface area contributed by atoms with Gasteiger partial charge in [0, 0.05) is 19.6 Å². The second kappa shape index (κ2) is 10.6. The molecule has 7 heteroatoms. The van der Waals surface area contributed by atoms with Crippen molar-refractivity contribution in [3.8, 4) is 17.2 Å². The van der Waals surface area contributed by atoms with Crippen molar-refractivity contribution in [2.24, 2.45) is 10.9 Å². The molecule has 0 atom stereocenters. The quantitative estimate of drug-likeness (QED) is 0.399. The minimum atomic E-state index is 0. The second-order valence-electron chi connectivity index (χ2n) is 6.19. The molecule has 142 valence electrons. The van der Waals surface area contributed by atoms with E-state index >= 15 is 0 Å². The fourth-order valence-corrected chi connectivity index (χ4v) is 2.85. The van der Waals surface area contributed by atoms with Crippen molar-refractivity contribution < 1.29 is 14.6 Å². The minimum Gasteiger partial charge on any atom is -0.502 e. The maximum Gasteiger partial charge on any atom is 0.200 e. The van der Waals surface area contributed by atoms with Gasteiger partial charge in [0.15, 0.2) is 17.5 Å². The van der Waals surface area contributed by atoms with Crippen LogP contribution in [0.3, 0.4) is 0 Å². The molecule has 1 saturated heterocycles. The fraction of sp³-hybridized carbons (Fsp3) is 0.611. The van der Waals surface area contributed by atoms with Gasteiger partial charge in [0.05, 0.1) is 20.8 Å². The maximum absolute atomic E-state index is 10.00. The third kappa shape index (κ3) is 5.83. The van der Waals surface area contributed by atoms with Crippen LogP contribution in [-0.4, -0.2) is 49.8 Å². The summed E-state index contributed by atoms with van der Waals surface area (Å²) in [6.45, 7) is 7.80. The molecule has 25 heavy (non-hydrogen) atoms. The van der Waals surface area contributed by atoms with Crippen LogP contribution < -0.4 is 14.8 Å². The Labute approximate surface area is 167 Å². The van der Waals surface area contributed by atoms with Crippen LogP contribution in [0.15, 0.2) is 17.1 Å². The van der Waals surface area contributed by atoms with Crippen molar-refractivity contribution in [1.29, 1.82) is 0 Å². The number of aliphatic imine (C=N–C) groups is 1. The Morgan fingerprint density at radius 3 is 2.28 bits per heavy atom. The Morgan fingerprint density at radius 1 is 1.24 bits per heavy atom. The van der Waals surface area contributed by atoms with Gasteiger partial charge in [-0.2, -0.15) is 0 Å². The molecule has 0 spiro atoms. The highest BCUT2D eigenvalue weighted by Gasteiger charge is 2.18. The van der Waals surface area contributed by atoms with Crippen LogP contribution >= 0.6 is 24.0 Å². The number of phenolic OH excluding ortho intramolecular Hbond substituents is 1. The number of likely N-dealkylation sites (tertiary alicyclic amines) is 1. The average molecular weight is 463 g/mol. The summed E-state index contributed by atoms with van der Waals surface area (Å²) in [5, 5.41) is 13.4. The molecule has 6 nitrogen and oxygen atoms in total. The number of nitrogens with one attached hydrogen (secondary N) is 1. The molecule has 0 aromatic heterocycles. The molecule has 0 saturated carbocycles. The molecule has 2 N–H and O–H groups in total. The summed E-state index contributed by atoms with van der Waals surface area (Å²) in [5.74, 6) is 2.54. The Bertz CT molecular complexity index is 548. The van der Waals surface area contributed by atoms with Crippen LogP contribution in [0, 0.1) is 5.92 Å². The average Bonchev–Trinajstić information content (AvgIpc) is 2.60. The van der Waals surface area contributed by atoms with Gasteiger partial charge in [0.2, 0.25) is 5.75 Å². The molecule has 0 unspecified atom stereocenters. The zero-order chi connectivity index (χ0) is 17.5. The summed E-state index contributed by atoms with van der Waals surface area (Å²) < 4.78 is 10.4. The van der Waals surface area contributed by atoms with Crippen LogP contribution in [0.1, 0.15) is 32.3 Å². The van der Waals surface area contributed by atoms with Crippen LogP contribution in [0.5, 0.6) is 17.2 Å². The number of nitrogens with zero attached hydrogens (tertiary/aromatic N) is 2. The highest BCUT2D eigenvalue weighted by atomic mass is 127. The molecule has 0 aliphatic carbocycles. The lowest BCUT2D eigenvalue weighted by Crippen LogP contribution is -2.45. The van der Waals surface area contributed by atoms with E-state index in [0.29, 0.717) is 18.0 Å². The van der Waals surface area contributed by atoms with Gasteiger partial charge in [-0.25, -0.2) is 4.99 Å². The number of ether oxygens (including phenoxy) is 2. The fourth-order valence-electron chi connectivity index (χ4n) is 2.85. The summed E-state index contributed by atoms with van der Waals surface area (Å²) >= 11 is 0. The third-order valence-electron chi connectivity index (χ3n) is 4.37. The van der Waals surface area contributed by atoms with E-state index in [1.54, 1.807) is 12.1 Å². The first-order valence-corrected chi connectivity index (χ1v) is 8.56. The molecule has 1 aromatic carbocycles. The molecule has 1 aliphatic heterocycles. The highest BCUT2D eigenvalue weighted by Crippen LogP contribution is 2.37. The predicted octanol–water partition coefficient (Wildman–Crippen LogP) is 3.22. The van der Waals surface area contributed by atoms with Gasteiger partial charge in [-0.05, 0) is 43.4 Å². The van der Waals surface area contributed by atoms with E-state index in [2.05, 4.69) is 24.1 Å². The van der Waals surface area contributed by atoms with Crippen molar-refractivity contribution in [2.75, 3.05) is 33.9 Å². The lowest BCUT2D eigenvalue weighted by Gasteiger charge is -2.33. The summed E-state index contributed by atoms with van der Waals surface area (Å²) in [6, 6.07) is 3.59. The lowest BCUT2D eigenvalue weighted by atomic mass is 10.00. The van der Waals surface area contributed by atoms with Gasteiger partial charge in [0.25, 0.3) is 0 Å². The smallest absolute Gasteiger partial charge is 0.200 e. The molecular formula is C18H30IN3O3. The number of hydrogen-bond acceptors (Lipinski definition) is 4. The first kappa shape index (κ1) is 21.7. The molecule has 1 heterocycles. The monoisotopic (exact) mass is 463 g/mol. The number of methoxy groups -OCH3 is 2. The standard InChI is InChI=1S/C18H29N3O3.HI/c1-5-19-18(21-8-6-13(2)7-9-21)20-12-14-10-15(23-3)17(22)16(11-14)24-4;/h10-11,13,22H,5-9,12H2,1-4H3,(H,19,20);1H. The van der Waals surface area contributed by atoms with Crippen LogP contribution in [0.2, 0.25) is 0 Å². The zero-order valence-corrected chi connectivity index (χ0v) is 17.9. The Hall–Kier alpha value is -1.38. The number of benzene rings is 1. The summed E-state index contributed by atoms with van der Waals surface area (Å²) in [4.78, 5) is 7.07. The van der Waals surface area contributed by atoms with E-state index in [1.165, 1.54) is 27.1 Å². The number of piperidine rings is 1. The first-order valence-electron chi connectivity index (χ1n) is 8.56. The topological polar surface area (TPSA) is 66.3 Å². The van der Waals surface area contributed by atoms with Crippen molar-refractivity contribution in [3.05, 3.63) is 17.7 Å². The minimum absolute atomic E-state index is 0. The largest absolute Gasteiger partial charge is 0.502 e. The van der Waals surface area contributed by atoms with Crippen LogP contribution in [0.25, 0.3) is 0 Å². The molecule has 1 fully saturated rings. The Balaban J connectivity index is 0.00000312. The first-order chi connectivity index (χ1) is 11.6. The van der Waals surface area contributed by atoms with Gasteiger partial charge in [0.1, 0.15) is 0 Å². The van der Waals surface area contributed by atoms with Gasteiger partial charge < -0.3 is 24.8 Å². The van der Waals surface area contributed by atoms with Crippen molar-refractivity contribution in [1.82, 2.24) is 10.2 Å². The zero-order valence-electron chi connectivity index (χ0n) is 15.5. The van der Waals surface area contributed by atoms with Gasteiger partial charge in [-0.3, -0.25) is 0 Å². The summed E-state index contributed by atoms with van der Waals surface area (Å²) in [5.41, 5.74) is 0.933. The molecule has 0 bridgehead atoms. The van der Waals surface area contributed by atoms with E-state index in [1.807, 2.05) is 0 Å². The number of guanidine groups is 1. The van der Waals surface area contributed by atoms with E-state index in [-0.39, 0.29) is 29.7 Å². The van der Waals surface area contributed by atoms with E-state index in [9.17, 15) is 5.11 Å². The van der Waals surface area contributed by atoms with Gasteiger partial charge >= 0.3 is 0 Å². The molecule has 1 aliphatic rings. The number of hydrogen-bond donors (Lipinski definition) is 2. The van der Waals surface area contributed by atoms with Crippen LogP contribution in [0.4, 0.5) is 0 Å². The van der Waals surface area contributed by atoms with Gasteiger partial charge in [-0.15, -0.1) is 24.0 Å². The third-order valence-corrected chi connectivity index (χ3v) is 4.37. The van der Waals surface area contributed by atoms with Crippen molar-refractivity contribution in [3.63, 3.8) is 0 Å². The number of rotatable bonds is 5. The summed E-state index contributed by atoms with van der Waals surface area (Å²) in [6.07, 6.45) is 2.40. The predicted molar refractivity (Wildman–Crippen MR) is 111 cm³/mol. The normalized spacial score (nSPS) is 15.5. The highest BCUT2D eigenvalue weighted by molar-refractivity contribution is 14.0. The molecule has 1 aromatic rings. The van der Waals surface area contributed by atoms with E-state index in [0.717, 1.165) is 37.1 Å². The lowest BCUT2D eigenvalue weighted by molar-refractivity contribution is 0.273. The summed E-state index contributed by atoms with van der Waals surface area (Å²) in [7, 11) is 3.06. The van der Waals surface area contributed by atoms with E-state index in [4.69, 9.17) is 14.5 Å². The van der Waals surface area contributed by atoms with Crippen molar-refractivity contribution >= 4 is 29.9 Å². The van der Waals surface area contributed by atoms with E-state index < -0.39 is 0 Å². The second-order valence-corrected chi connectivity index (χ2v) is 6.19. The maximum atomic E-state index is 10.00. The van der Waals surface area contributed by atoms with Crippen LogP contribution in [-0.2, 0) is 6.54 Å². The Morgan fingerprint density at radius 2 is 1.80 bits per heavy atom. The SMILES string of the molecule is CCNC(=NCc1cc(OC)c(O)c(OC)c1)N1CCC(C)CC1.I. The number of aromatic hydroxyl groups is 1. The molecule has 0 amide bonds. The number of halogens is 1. The molecule has 2 rings (SSSR count). The Kier molecular flexibility index (Phi) is 9.16. The number of phenols is 1.